The zero-order chi connectivity index (χ0) is 21.1. The fraction of sp³-hybridized carbons (Fsp3) is 0.643. The molecule has 0 aromatic carbocycles. The van der Waals surface area contributed by atoms with Gasteiger partial charge in [-0.15, -0.1) is 0 Å². The summed E-state index contributed by atoms with van der Waals surface area (Å²) in [5, 5.41) is 13.0. The molecule has 13 nitrogen and oxygen atoms in total. The Labute approximate surface area is 153 Å². The van der Waals surface area contributed by atoms with Crippen LogP contribution in [0.1, 0.15) is 27.7 Å². The molecule has 0 aliphatic rings. The molecule has 0 aromatic rings. The van der Waals surface area contributed by atoms with E-state index in [-0.39, 0.29) is 0 Å². The fourth-order valence-electron chi connectivity index (χ4n) is 1.88. The van der Waals surface area contributed by atoms with Crippen molar-refractivity contribution in [3.05, 3.63) is 10.4 Å². The maximum Gasteiger partial charge on any atom is 0.303 e. The van der Waals surface area contributed by atoms with Crippen LogP contribution in [0.4, 0.5) is 0 Å². The van der Waals surface area contributed by atoms with Crippen molar-refractivity contribution in [3.63, 3.8) is 0 Å². The van der Waals surface area contributed by atoms with E-state index in [1.165, 1.54) is 0 Å². The van der Waals surface area contributed by atoms with Gasteiger partial charge in [0.15, 0.2) is 12.2 Å². The van der Waals surface area contributed by atoms with E-state index in [0.717, 1.165) is 27.7 Å². The molecule has 1 N–H and O–H groups in total. The van der Waals surface area contributed by atoms with Crippen molar-refractivity contribution < 1.29 is 48.0 Å². The lowest BCUT2D eigenvalue weighted by atomic mass is 10.0. The zero-order valence-corrected chi connectivity index (χ0v) is 15.0. The summed E-state index contributed by atoms with van der Waals surface area (Å²) in [6.45, 7) is 3.14. The molecule has 0 saturated heterocycles. The second-order valence-electron chi connectivity index (χ2n) is 5.08. The minimum absolute atomic E-state index is 0.701. The Bertz CT molecular complexity index is 643. The number of rotatable bonds is 9. The summed E-state index contributed by atoms with van der Waals surface area (Å²) in [4.78, 5) is 59.2. The van der Waals surface area contributed by atoms with Gasteiger partial charge in [0, 0.05) is 32.6 Å². The molecule has 0 rings (SSSR count). The molecule has 0 unspecified atom stereocenters. The van der Waals surface area contributed by atoms with Crippen LogP contribution in [0.25, 0.3) is 10.4 Å². The van der Waals surface area contributed by atoms with Crippen LogP contribution in [0.5, 0.6) is 0 Å². The third kappa shape index (κ3) is 9.18. The number of azide groups is 1. The number of esters is 4. The largest absolute Gasteiger partial charge is 0.463 e. The molecule has 1 amide bonds. The molecule has 27 heavy (non-hydrogen) atoms. The van der Waals surface area contributed by atoms with E-state index in [1.807, 2.05) is 0 Å². The van der Waals surface area contributed by atoms with Gasteiger partial charge in [0.1, 0.15) is 12.7 Å². The predicted molar refractivity (Wildman–Crippen MR) is 83.5 cm³/mol. The molecule has 0 aliphatic carbocycles. The van der Waals surface area contributed by atoms with Crippen molar-refractivity contribution in [1.29, 1.82) is 0 Å². The molecule has 0 bridgehead atoms. The van der Waals surface area contributed by atoms with Crippen LogP contribution in [0.2, 0.25) is 0 Å². The Morgan fingerprint density at radius 2 is 1.37 bits per heavy atom. The standard InChI is InChI=1S/C14H19N3O10/c1-6(18)24-5-10(22)11(25-7(2)19)12(26-8(3)20)13(27-9(4)21)14(23)16-17-15/h10-13,22H,5H2,1-4H3/t10-,11+,12+,13-/m1/s1. The highest BCUT2D eigenvalue weighted by Gasteiger charge is 2.44. The number of aliphatic hydroxyl groups is 1. The maximum atomic E-state index is 12.0. The molecule has 150 valence electrons. The summed E-state index contributed by atoms with van der Waals surface area (Å²) >= 11 is 0. The van der Waals surface area contributed by atoms with Gasteiger partial charge in [0.25, 0.3) is 5.91 Å². The van der Waals surface area contributed by atoms with E-state index in [0.29, 0.717) is 0 Å². The van der Waals surface area contributed by atoms with Crippen molar-refractivity contribution in [2.45, 2.75) is 52.1 Å². The topological polar surface area (TPSA) is 191 Å². The first-order chi connectivity index (χ1) is 12.5. The van der Waals surface area contributed by atoms with Crippen molar-refractivity contribution >= 4 is 29.8 Å². The monoisotopic (exact) mass is 389 g/mol. The van der Waals surface area contributed by atoms with Gasteiger partial charge in [-0.05, 0) is 10.6 Å². The van der Waals surface area contributed by atoms with Gasteiger partial charge in [-0.3, -0.25) is 24.0 Å². The lowest BCUT2D eigenvalue weighted by Gasteiger charge is -2.32. The van der Waals surface area contributed by atoms with Gasteiger partial charge < -0.3 is 24.1 Å². The molecule has 0 heterocycles. The van der Waals surface area contributed by atoms with Crippen LogP contribution in [0.3, 0.4) is 0 Å². The van der Waals surface area contributed by atoms with Crippen molar-refractivity contribution in [1.82, 2.24) is 0 Å². The number of hydrogen-bond acceptors (Lipinski definition) is 10. The molecular formula is C14H19N3O10. The Hall–Kier alpha value is -3.18. The average molecular weight is 389 g/mol. The highest BCUT2D eigenvalue weighted by molar-refractivity contribution is 5.85. The quantitative estimate of drug-likeness (QED) is 0.177. The van der Waals surface area contributed by atoms with Crippen molar-refractivity contribution in [2.24, 2.45) is 5.11 Å². The summed E-state index contributed by atoms with van der Waals surface area (Å²) in [7, 11) is 0. The SMILES string of the molecule is CC(=O)OC[C@@H](O)[C@H](OC(C)=O)[C@H](OC(C)=O)[C@@H](OC(C)=O)C(=O)N=[N+]=[N-]. The minimum atomic E-state index is -2.03. The number of amides is 1. The van der Waals surface area contributed by atoms with Gasteiger partial charge >= 0.3 is 23.9 Å². The van der Waals surface area contributed by atoms with E-state index in [4.69, 9.17) is 19.7 Å². The second kappa shape index (κ2) is 11.4. The van der Waals surface area contributed by atoms with Gasteiger partial charge in [-0.1, -0.05) is 0 Å². The van der Waals surface area contributed by atoms with Crippen LogP contribution in [0, 0.1) is 0 Å². The van der Waals surface area contributed by atoms with Crippen LogP contribution < -0.4 is 0 Å². The maximum absolute atomic E-state index is 12.0. The number of aliphatic hydroxyl groups excluding tert-OH is 1. The molecular weight excluding hydrogens is 370 g/mol. The fourth-order valence-corrected chi connectivity index (χ4v) is 1.88. The number of nitrogens with zero attached hydrogens (tertiary/aromatic N) is 3. The van der Waals surface area contributed by atoms with Crippen LogP contribution >= 0.6 is 0 Å². The molecule has 0 aliphatic heterocycles. The molecule has 13 heteroatoms. The Morgan fingerprint density at radius 3 is 1.78 bits per heavy atom. The summed E-state index contributed by atoms with van der Waals surface area (Å²) in [6, 6.07) is 0. The van der Waals surface area contributed by atoms with Crippen LogP contribution in [0.15, 0.2) is 5.11 Å². The summed E-state index contributed by atoms with van der Waals surface area (Å²) in [5.41, 5.74) is 8.42. The van der Waals surface area contributed by atoms with E-state index in [9.17, 15) is 29.1 Å². The number of hydrogen-bond donors (Lipinski definition) is 1. The molecule has 0 aromatic heterocycles. The minimum Gasteiger partial charge on any atom is -0.463 e. The molecule has 0 saturated carbocycles. The van der Waals surface area contributed by atoms with E-state index < -0.39 is 60.8 Å². The van der Waals surface area contributed by atoms with Gasteiger partial charge in [-0.25, -0.2) is 0 Å². The van der Waals surface area contributed by atoms with E-state index >= 15 is 0 Å². The first-order valence-electron chi connectivity index (χ1n) is 7.41. The number of carbonyl (C=O) groups is 5. The predicted octanol–water partition coefficient (Wildman–Crippen LogP) is -0.458. The van der Waals surface area contributed by atoms with Gasteiger partial charge in [0.2, 0.25) is 6.10 Å². The van der Waals surface area contributed by atoms with Gasteiger partial charge in [0.05, 0.1) is 0 Å². The molecule has 0 radical (unpaired) electrons. The highest BCUT2D eigenvalue weighted by atomic mass is 16.6. The van der Waals surface area contributed by atoms with Crippen LogP contribution in [-0.4, -0.2) is 65.9 Å². The summed E-state index contributed by atoms with van der Waals surface area (Å²) in [6.07, 6.45) is -7.50. The Morgan fingerprint density at radius 1 is 0.889 bits per heavy atom. The average Bonchev–Trinajstić information content (AvgIpc) is 2.53. The number of carbonyl (C=O) groups excluding carboxylic acids is 5. The first kappa shape index (κ1) is 23.8. The van der Waals surface area contributed by atoms with E-state index in [2.05, 4.69) is 14.8 Å². The van der Waals surface area contributed by atoms with E-state index in [1.54, 1.807) is 0 Å². The lowest BCUT2D eigenvalue weighted by molar-refractivity contribution is -0.197. The molecule has 0 fully saturated rings. The first-order valence-corrected chi connectivity index (χ1v) is 7.41. The normalized spacial score (nSPS) is 14.4. The molecule has 4 atom stereocenters. The van der Waals surface area contributed by atoms with Crippen molar-refractivity contribution in [2.75, 3.05) is 6.61 Å². The smallest absolute Gasteiger partial charge is 0.303 e. The summed E-state index contributed by atoms with van der Waals surface area (Å²) < 4.78 is 19.1. The Kier molecular flexibility index (Phi) is 10.1. The molecule has 0 spiro atoms. The third-order valence-corrected chi connectivity index (χ3v) is 2.74. The van der Waals surface area contributed by atoms with Crippen LogP contribution in [-0.2, 0) is 42.9 Å². The third-order valence-electron chi connectivity index (χ3n) is 2.74. The number of ether oxygens (including phenoxy) is 4. The summed E-state index contributed by atoms with van der Waals surface area (Å²) in [5.74, 6) is -5.13. The zero-order valence-electron chi connectivity index (χ0n) is 15.0. The van der Waals surface area contributed by atoms with Gasteiger partial charge in [-0.2, -0.15) is 0 Å². The second-order valence-corrected chi connectivity index (χ2v) is 5.08. The lowest BCUT2D eigenvalue weighted by Crippen LogP contribution is -2.53. The highest BCUT2D eigenvalue weighted by Crippen LogP contribution is 2.19. The Balaban J connectivity index is 6.02. The van der Waals surface area contributed by atoms with Crippen molar-refractivity contribution in [3.8, 4) is 0 Å².